The van der Waals surface area contributed by atoms with Crippen LogP contribution in [0.3, 0.4) is 0 Å². The molecule has 18 heavy (non-hydrogen) atoms. The van der Waals surface area contributed by atoms with E-state index in [-0.39, 0.29) is 0 Å². The molecular weight excluding hydrogens is 264 g/mol. The van der Waals surface area contributed by atoms with E-state index in [1.54, 1.807) is 11.3 Å². The molecule has 0 amide bonds. The monoisotopic (exact) mass is 280 g/mol. The van der Waals surface area contributed by atoms with Crippen molar-refractivity contribution in [2.24, 2.45) is 0 Å². The van der Waals surface area contributed by atoms with Crippen LogP contribution in [0.25, 0.3) is 11.3 Å². The van der Waals surface area contributed by atoms with Crippen LogP contribution in [-0.4, -0.2) is 31.3 Å². The largest absolute Gasteiger partial charge is 0.378 e. The lowest BCUT2D eigenvalue weighted by Gasteiger charge is -2.26. The summed E-state index contributed by atoms with van der Waals surface area (Å²) < 4.78 is 5.37. The molecule has 5 heteroatoms. The molecule has 0 spiro atoms. The van der Waals surface area contributed by atoms with Crippen LogP contribution < -0.4 is 4.90 Å². The zero-order chi connectivity index (χ0) is 12.5. The Balaban J connectivity index is 1.86. The Morgan fingerprint density at radius 1 is 1.28 bits per heavy atom. The van der Waals surface area contributed by atoms with Crippen LogP contribution in [0.15, 0.2) is 11.4 Å². The van der Waals surface area contributed by atoms with E-state index in [0.717, 1.165) is 37.1 Å². The molecule has 3 rings (SSSR count). The van der Waals surface area contributed by atoms with Gasteiger partial charge in [-0.05, 0) is 19.9 Å². The molecule has 1 fully saturated rings. The molecule has 0 unspecified atom stereocenters. The highest BCUT2D eigenvalue weighted by molar-refractivity contribution is 7.14. The standard InChI is InChI=1S/C13H16N2OS2/c1-9-7-11(10(2)18-9)12-8-17-13(14-12)15-3-5-16-6-4-15/h7-8H,3-6H2,1-2H3. The van der Waals surface area contributed by atoms with Crippen LogP contribution in [0.1, 0.15) is 9.75 Å². The van der Waals surface area contributed by atoms with Crippen molar-refractivity contribution in [2.75, 3.05) is 31.2 Å². The molecule has 0 bridgehead atoms. The molecule has 0 aromatic carbocycles. The Morgan fingerprint density at radius 2 is 2.06 bits per heavy atom. The normalized spacial score (nSPS) is 16.2. The number of hydrogen-bond acceptors (Lipinski definition) is 5. The minimum absolute atomic E-state index is 0.811. The second kappa shape index (κ2) is 4.99. The number of aryl methyl sites for hydroxylation is 2. The third-order valence-electron chi connectivity index (χ3n) is 3.09. The smallest absolute Gasteiger partial charge is 0.186 e. The molecule has 1 aliphatic heterocycles. The van der Waals surface area contributed by atoms with Gasteiger partial charge >= 0.3 is 0 Å². The molecule has 0 N–H and O–H groups in total. The van der Waals surface area contributed by atoms with Crippen molar-refractivity contribution in [2.45, 2.75) is 13.8 Å². The van der Waals surface area contributed by atoms with Gasteiger partial charge in [0.2, 0.25) is 0 Å². The molecule has 1 aliphatic rings. The van der Waals surface area contributed by atoms with Gasteiger partial charge in [0.1, 0.15) is 0 Å². The van der Waals surface area contributed by atoms with Gasteiger partial charge in [-0.3, -0.25) is 0 Å². The third kappa shape index (κ3) is 2.30. The number of aromatic nitrogens is 1. The number of rotatable bonds is 2. The highest BCUT2D eigenvalue weighted by Crippen LogP contribution is 2.33. The van der Waals surface area contributed by atoms with Gasteiger partial charge in [-0.2, -0.15) is 0 Å². The first-order valence-corrected chi connectivity index (χ1v) is 7.79. The van der Waals surface area contributed by atoms with E-state index in [1.165, 1.54) is 15.3 Å². The van der Waals surface area contributed by atoms with E-state index in [0.29, 0.717) is 0 Å². The average molecular weight is 280 g/mol. The molecule has 2 aromatic rings. The lowest BCUT2D eigenvalue weighted by atomic mass is 10.2. The minimum Gasteiger partial charge on any atom is -0.378 e. The summed E-state index contributed by atoms with van der Waals surface area (Å²) in [5.41, 5.74) is 2.40. The van der Waals surface area contributed by atoms with Gasteiger partial charge in [0.15, 0.2) is 5.13 Å². The Hall–Kier alpha value is -0.910. The van der Waals surface area contributed by atoms with Crippen LogP contribution in [0.4, 0.5) is 5.13 Å². The zero-order valence-electron chi connectivity index (χ0n) is 10.6. The van der Waals surface area contributed by atoms with Gasteiger partial charge in [-0.15, -0.1) is 22.7 Å². The second-order valence-electron chi connectivity index (χ2n) is 4.44. The highest BCUT2D eigenvalue weighted by atomic mass is 32.1. The van der Waals surface area contributed by atoms with Gasteiger partial charge in [0.05, 0.1) is 18.9 Å². The summed E-state index contributed by atoms with van der Waals surface area (Å²) in [7, 11) is 0. The fourth-order valence-corrected chi connectivity index (χ4v) is 3.99. The maximum atomic E-state index is 5.37. The first kappa shape index (κ1) is 12.1. The van der Waals surface area contributed by atoms with Crippen molar-refractivity contribution in [3.8, 4) is 11.3 Å². The number of nitrogens with zero attached hydrogens (tertiary/aromatic N) is 2. The van der Waals surface area contributed by atoms with E-state index in [1.807, 2.05) is 11.3 Å². The quantitative estimate of drug-likeness (QED) is 0.844. The predicted octanol–water partition coefficient (Wildman–Crippen LogP) is 3.33. The van der Waals surface area contributed by atoms with Crippen LogP contribution in [0.2, 0.25) is 0 Å². The van der Waals surface area contributed by atoms with E-state index in [9.17, 15) is 0 Å². The molecule has 0 saturated carbocycles. The van der Waals surface area contributed by atoms with Crippen LogP contribution in [-0.2, 0) is 4.74 Å². The molecule has 1 saturated heterocycles. The van der Waals surface area contributed by atoms with Crippen molar-refractivity contribution >= 4 is 27.8 Å². The Morgan fingerprint density at radius 3 is 2.72 bits per heavy atom. The number of thiophene rings is 1. The highest BCUT2D eigenvalue weighted by Gasteiger charge is 2.16. The minimum atomic E-state index is 0.811. The topological polar surface area (TPSA) is 25.4 Å². The summed E-state index contributed by atoms with van der Waals surface area (Å²) >= 11 is 3.57. The summed E-state index contributed by atoms with van der Waals surface area (Å²) in [6.07, 6.45) is 0. The van der Waals surface area contributed by atoms with Crippen molar-refractivity contribution in [1.29, 1.82) is 0 Å². The van der Waals surface area contributed by atoms with Crippen LogP contribution in [0.5, 0.6) is 0 Å². The molecule has 3 nitrogen and oxygen atoms in total. The molecule has 0 atom stereocenters. The molecule has 96 valence electrons. The molecular formula is C13H16N2OS2. The number of ether oxygens (including phenoxy) is 1. The van der Waals surface area contributed by atoms with Gasteiger partial charge in [-0.25, -0.2) is 4.98 Å². The maximum Gasteiger partial charge on any atom is 0.186 e. The van der Waals surface area contributed by atoms with Crippen molar-refractivity contribution in [1.82, 2.24) is 4.98 Å². The number of morpholine rings is 1. The van der Waals surface area contributed by atoms with Crippen molar-refractivity contribution < 1.29 is 4.74 Å². The van der Waals surface area contributed by atoms with Gasteiger partial charge in [0, 0.05) is 33.8 Å². The van der Waals surface area contributed by atoms with Crippen LogP contribution in [0, 0.1) is 13.8 Å². The summed E-state index contributed by atoms with van der Waals surface area (Å²) in [5, 5.41) is 3.29. The number of anilines is 1. The lowest BCUT2D eigenvalue weighted by molar-refractivity contribution is 0.122. The SMILES string of the molecule is Cc1cc(-c2csc(N3CCOCC3)n2)c(C)s1. The molecule has 0 aliphatic carbocycles. The summed E-state index contributed by atoms with van der Waals surface area (Å²) in [6, 6.07) is 2.23. The van der Waals surface area contributed by atoms with E-state index < -0.39 is 0 Å². The van der Waals surface area contributed by atoms with Gasteiger partial charge in [-0.1, -0.05) is 0 Å². The summed E-state index contributed by atoms with van der Waals surface area (Å²) in [5.74, 6) is 0. The average Bonchev–Trinajstić information content (AvgIpc) is 2.97. The van der Waals surface area contributed by atoms with Crippen molar-refractivity contribution in [3.63, 3.8) is 0 Å². The Kier molecular flexibility index (Phi) is 3.37. The Labute approximate surface area is 115 Å². The van der Waals surface area contributed by atoms with E-state index >= 15 is 0 Å². The summed E-state index contributed by atoms with van der Waals surface area (Å²) in [6.45, 7) is 7.84. The predicted molar refractivity (Wildman–Crippen MR) is 77.9 cm³/mol. The first-order valence-electron chi connectivity index (χ1n) is 6.09. The number of hydrogen-bond donors (Lipinski definition) is 0. The van der Waals surface area contributed by atoms with Crippen LogP contribution >= 0.6 is 22.7 Å². The van der Waals surface area contributed by atoms with Gasteiger partial charge < -0.3 is 9.64 Å². The molecule has 3 heterocycles. The molecule has 2 aromatic heterocycles. The zero-order valence-corrected chi connectivity index (χ0v) is 12.2. The second-order valence-corrected chi connectivity index (χ2v) is 6.74. The van der Waals surface area contributed by atoms with E-state index in [2.05, 4.69) is 30.2 Å². The lowest BCUT2D eigenvalue weighted by Crippen LogP contribution is -2.36. The summed E-state index contributed by atoms with van der Waals surface area (Å²) in [4.78, 5) is 9.79. The van der Waals surface area contributed by atoms with Gasteiger partial charge in [0.25, 0.3) is 0 Å². The molecule has 0 radical (unpaired) electrons. The van der Waals surface area contributed by atoms with E-state index in [4.69, 9.17) is 9.72 Å². The number of thiazole rings is 1. The fraction of sp³-hybridized carbons (Fsp3) is 0.462. The third-order valence-corrected chi connectivity index (χ3v) is 4.96. The first-order chi connectivity index (χ1) is 8.74. The Bertz CT molecular complexity index is 541. The van der Waals surface area contributed by atoms with Crippen molar-refractivity contribution in [3.05, 3.63) is 21.2 Å². The fourth-order valence-electron chi connectivity index (χ4n) is 2.17. The maximum absolute atomic E-state index is 5.37.